The molecule has 1 atom stereocenters. The molecule has 1 aliphatic rings. The van der Waals surface area contributed by atoms with Crippen molar-refractivity contribution in [2.75, 3.05) is 25.0 Å². The molecule has 0 bridgehead atoms. The van der Waals surface area contributed by atoms with Crippen LogP contribution in [0.3, 0.4) is 0 Å². The van der Waals surface area contributed by atoms with Crippen LogP contribution in [0.2, 0.25) is 0 Å². The Hall–Kier alpha value is -1.88. The number of anilines is 1. The highest BCUT2D eigenvalue weighted by Gasteiger charge is 2.21. The number of carbonyl (C=O) groups excluding carboxylic acids is 2. The molecule has 0 aromatic heterocycles. The largest absolute Gasteiger partial charge is 0.376 e. The molecule has 21 heavy (non-hydrogen) atoms. The molecule has 1 aliphatic heterocycles. The van der Waals surface area contributed by atoms with Gasteiger partial charge in [0.05, 0.1) is 6.10 Å². The Morgan fingerprint density at radius 2 is 2.24 bits per heavy atom. The van der Waals surface area contributed by atoms with Crippen molar-refractivity contribution >= 4 is 17.5 Å². The van der Waals surface area contributed by atoms with Crippen molar-refractivity contribution in [1.29, 1.82) is 0 Å². The lowest BCUT2D eigenvalue weighted by atomic mass is 10.1. The van der Waals surface area contributed by atoms with Crippen molar-refractivity contribution in [3.63, 3.8) is 0 Å². The Morgan fingerprint density at radius 3 is 2.86 bits per heavy atom. The number of benzene rings is 1. The Balaban J connectivity index is 1.98. The van der Waals surface area contributed by atoms with Gasteiger partial charge in [0.1, 0.15) is 0 Å². The molecule has 1 saturated heterocycles. The summed E-state index contributed by atoms with van der Waals surface area (Å²) in [5, 5.41) is 2.84. The number of Topliss-reactive ketones (excluding diaryl/α,β-unsaturated/α-hetero) is 1. The minimum Gasteiger partial charge on any atom is -0.376 e. The maximum atomic E-state index is 12.3. The van der Waals surface area contributed by atoms with Gasteiger partial charge in [0.2, 0.25) is 0 Å². The fraction of sp³-hybridized carbons (Fsp3) is 0.500. The van der Waals surface area contributed by atoms with Gasteiger partial charge in [-0.15, -0.1) is 0 Å². The monoisotopic (exact) mass is 290 g/mol. The van der Waals surface area contributed by atoms with Crippen LogP contribution in [0, 0.1) is 0 Å². The molecule has 5 heteroatoms. The summed E-state index contributed by atoms with van der Waals surface area (Å²) in [5.74, 6) is -0.0159. The first-order valence-electron chi connectivity index (χ1n) is 7.38. The highest BCUT2D eigenvalue weighted by molar-refractivity contribution is 5.96. The van der Waals surface area contributed by atoms with E-state index in [9.17, 15) is 9.59 Å². The first-order chi connectivity index (χ1) is 10.1. The maximum Gasteiger partial charge on any atom is 0.321 e. The first kappa shape index (κ1) is 15.5. The van der Waals surface area contributed by atoms with Crippen LogP contribution in [0.25, 0.3) is 0 Å². The molecule has 5 nitrogen and oxygen atoms in total. The summed E-state index contributed by atoms with van der Waals surface area (Å²) in [6, 6.07) is 6.82. The second-order valence-electron chi connectivity index (χ2n) is 5.24. The molecule has 0 unspecified atom stereocenters. The van der Waals surface area contributed by atoms with Gasteiger partial charge >= 0.3 is 6.03 Å². The van der Waals surface area contributed by atoms with E-state index in [1.54, 1.807) is 29.2 Å². The van der Waals surface area contributed by atoms with Crippen LogP contribution >= 0.6 is 0 Å². The molecule has 1 aromatic carbocycles. The fourth-order valence-corrected chi connectivity index (χ4v) is 2.41. The maximum absolute atomic E-state index is 12.3. The highest BCUT2D eigenvalue weighted by atomic mass is 16.5. The molecule has 114 valence electrons. The van der Waals surface area contributed by atoms with Gasteiger partial charge in [0, 0.05) is 30.9 Å². The van der Waals surface area contributed by atoms with Crippen LogP contribution in [0.1, 0.15) is 37.0 Å². The first-order valence-corrected chi connectivity index (χ1v) is 7.38. The summed E-state index contributed by atoms with van der Waals surface area (Å²) in [4.78, 5) is 25.4. The van der Waals surface area contributed by atoms with Gasteiger partial charge < -0.3 is 15.0 Å². The zero-order valence-electron chi connectivity index (χ0n) is 12.6. The zero-order chi connectivity index (χ0) is 15.2. The van der Waals surface area contributed by atoms with Gasteiger partial charge in [-0.2, -0.15) is 0 Å². The quantitative estimate of drug-likeness (QED) is 0.848. The van der Waals surface area contributed by atoms with Crippen molar-refractivity contribution in [1.82, 2.24) is 4.90 Å². The van der Waals surface area contributed by atoms with Crippen molar-refractivity contribution < 1.29 is 14.3 Å². The summed E-state index contributed by atoms with van der Waals surface area (Å²) in [5.41, 5.74) is 1.23. The predicted molar refractivity (Wildman–Crippen MR) is 81.7 cm³/mol. The van der Waals surface area contributed by atoms with Crippen LogP contribution in [0.4, 0.5) is 10.5 Å². The lowest BCUT2D eigenvalue weighted by molar-refractivity contribution is 0.0849. The number of nitrogens with one attached hydrogen (secondary N) is 1. The summed E-state index contributed by atoms with van der Waals surface area (Å²) in [6.07, 6.45) is 2.20. The van der Waals surface area contributed by atoms with E-state index in [1.807, 2.05) is 6.92 Å². The Labute approximate surface area is 125 Å². The van der Waals surface area contributed by atoms with Crippen molar-refractivity contribution in [3.05, 3.63) is 29.8 Å². The minimum absolute atomic E-state index is 0.0159. The summed E-state index contributed by atoms with van der Waals surface area (Å²) < 4.78 is 5.57. The number of ketones is 1. The predicted octanol–water partition coefficient (Wildman–Crippen LogP) is 2.92. The van der Waals surface area contributed by atoms with E-state index in [2.05, 4.69) is 5.32 Å². The molecule has 2 rings (SSSR count). The summed E-state index contributed by atoms with van der Waals surface area (Å²) >= 11 is 0. The lowest BCUT2D eigenvalue weighted by Crippen LogP contribution is -2.39. The zero-order valence-corrected chi connectivity index (χ0v) is 12.6. The third-order valence-corrected chi connectivity index (χ3v) is 3.64. The van der Waals surface area contributed by atoms with Gasteiger partial charge in [0.15, 0.2) is 5.78 Å². The average molecular weight is 290 g/mol. The number of hydrogen-bond donors (Lipinski definition) is 1. The third kappa shape index (κ3) is 4.29. The van der Waals surface area contributed by atoms with E-state index >= 15 is 0 Å². The number of likely N-dealkylation sites (N-methyl/N-ethyl adjacent to an activating group) is 1. The number of rotatable bonds is 5. The second kappa shape index (κ2) is 7.22. The molecule has 0 radical (unpaired) electrons. The summed E-state index contributed by atoms with van der Waals surface area (Å²) in [7, 11) is 0. The topological polar surface area (TPSA) is 58.6 Å². The molecule has 1 aromatic rings. The van der Waals surface area contributed by atoms with Gasteiger partial charge in [0.25, 0.3) is 0 Å². The van der Waals surface area contributed by atoms with Crippen LogP contribution < -0.4 is 5.32 Å². The molecular weight excluding hydrogens is 268 g/mol. The number of nitrogens with zero attached hydrogens (tertiary/aromatic N) is 1. The number of amides is 2. The fourth-order valence-electron chi connectivity index (χ4n) is 2.41. The SMILES string of the molecule is CCN(C[C@@H]1CCCO1)C(=O)Nc1cccc(C(C)=O)c1. The van der Waals surface area contributed by atoms with Gasteiger partial charge in [-0.3, -0.25) is 4.79 Å². The number of urea groups is 1. The van der Waals surface area contributed by atoms with E-state index in [0.29, 0.717) is 24.3 Å². The van der Waals surface area contributed by atoms with Crippen LogP contribution in [-0.4, -0.2) is 42.5 Å². The smallest absolute Gasteiger partial charge is 0.321 e. The molecule has 0 saturated carbocycles. The Bertz CT molecular complexity index is 510. The number of hydrogen-bond acceptors (Lipinski definition) is 3. The van der Waals surface area contributed by atoms with Crippen LogP contribution in [0.15, 0.2) is 24.3 Å². The number of ether oxygens (including phenoxy) is 1. The van der Waals surface area contributed by atoms with E-state index in [0.717, 1.165) is 19.4 Å². The van der Waals surface area contributed by atoms with Crippen LogP contribution in [-0.2, 0) is 4.74 Å². The molecule has 1 fully saturated rings. The molecule has 0 spiro atoms. The highest BCUT2D eigenvalue weighted by Crippen LogP contribution is 2.15. The van der Waals surface area contributed by atoms with Gasteiger partial charge in [-0.05, 0) is 38.8 Å². The van der Waals surface area contributed by atoms with E-state index in [4.69, 9.17) is 4.74 Å². The van der Waals surface area contributed by atoms with Gasteiger partial charge in [-0.25, -0.2) is 4.79 Å². The third-order valence-electron chi connectivity index (χ3n) is 3.64. The molecule has 2 amide bonds. The van der Waals surface area contributed by atoms with E-state index in [1.165, 1.54) is 6.92 Å². The normalized spacial score (nSPS) is 17.5. The van der Waals surface area contributed by atoms with Gasteiger partial charge in [-0.1, -0.05) is 12.1 Å². The van der Waals surface area contributed by atoms with E-state index < -0.39 is 0 Å². The van der Waals surface area contributed by atoms with E-state index in [-0.39, 0.29) is 17.9 Å². The molecule has 1 heterocycles. The van der Waals surface area contributed by atoms with Crippen molar-refractivity contribution in [3.8, 4) is 0 Å². The van der Waals surface area contributed by atoms with Crippen LogP contribution in [0.5, 0.6) is 0 Å². The molecule has 0 aliphatic carbocycles. The molecular formula is C16H22N2O3. The molecule has 1 N–H and O–H groups in total. The number of carbonyl (C=O) groups is 2. The average Bonchev–Trinajstić information content (AvgIpc) is 2.97. The standard InChI is InChI=1S/C16H22N2O3/c1-3-18(11-15-8-5-9-21-15)16(20)17-14-7-4-6-13(10-14)12(2)19/h4,6-7,10,15H,3,5,8-9,11H2,1-2H3,(H,17,20)/t15-/m0/s1. The van der Waals surface area contributed by atoms with Crippen molar-refractivity contribution in [2.45, 2.75) is 32.8 Å². The lowest BCUT2D eigenvalue weighted by Gasteiger charge is -2.24. The minimum atomic E-state index is -0.159. The Morgan fingerprint density at radius 1 is 1.43 bits per heavy atom. The summed E-state index contributed by atoms with van der Waals surface area (Å²) in [6.45, 7) is 5.47. The van der Waals surface area contributed by atoms with Crippen molar-refractivity contribution in [2.24, 2.45) is 0 Å². The second-order valence-corrected chi connectivity index (χ2v) is 5.24. The Kier molecular flexibility index (Phi) is 5.33.